The van der Waals surface area contributed by atoms with Crippen molar-refractivity contribution in [2.75, 3.05) is 17.7 Å². The second-order valence-corrected chi connectivity index (χ2v) is 10.7. The van der Waals surface area contributed by atoms with Crippen LogP contribution in [0.15, 0.2) is 54.7 Å². The summed E-state index contributed by atoms with van der Waals surface area (Å²) >= 11 is 0. The van der Waals surface area contributed by atoms with Gasteiger partial charge in [0.2, 0.25) is 11.6 Å². The zero-order valence-electron chi connectivity index (χ0n) is 24.8. The van der Waals surface area contributed by atoms with Gasteiger partial charge >= 0.3 is 12.7 Å². The molecule has 2 atom stereocenters. The highest BCUT2D eigenvalue weighted by Gasteiger charge is 2.30. The molecule has 0 saturated carbocycles. The van der Waals surface area contributed by atoms with Gasteiger partial charge in [0.1, 0.15) is 23.3 Å². The van der Waals surface area contributed by atoms with Crippen molar-refractivity contribution in [2.24, 2.45) is 5.92 Å². The van der Waals surface area contributed by atoms with E-state index in [1.165, 1.54) is 31.4 Å². The number of fused-ring (bicyclic) bond motifs is 4. The van der Waals surface area contributed by atoms with E-state index in [1.807, 2.05) is 13.8 Å². The summed E-state index contributed by atoms with van der Waals surface area (Å²) in [4.78, 5) is 33.3. The van der Waals surface area contributed by atoms with Crippen molar-refractivity contribution in [1.82, 2.24) is 9.97 Å². The smallest absolute Gasteiger partial charge is 0.411 e. The average Bonchev–Trinajstić information content (AvgIpc) is 3.43. The molecule has 3 N–H and O–H groups in total. The molecule has 0 aliphatic carbocycles. The fraction of sp³-hybridized carbons (Fsp3) is 0.312. The minimum atomic E-state index is -3.17. The molecular weight excluding hydrogens is 591 g/mol. The Morgan fingerprint density at radius 2 is 2.00 bits per heavy atom. The van der Waals surface area contributed by atoms with E-state index in [9.17, 15) is 28.0 Å². The maximum atomic E-state index is 14.8. The number of hydrogen-bond acceptors (Lipinski definition) is 6. The Bertz CT molecular complexity index is 1730. The van der Waals surface area contributed by atoms with E-state index in [1.54, 1.807) is 18.2 Å². The number of pyridine rings is 1. The third-order valence-electron chi connectivity index (χ3n) is 7.80. The van der Waals surface area contributed by atoms with E-state index in [0.717, 1.165) is 18.0 Å². The number of methoxy groups -OCH3 is 1. The molecule has 3 heterocycles. The molecule has 2 aromatic heterocycles. The van der Waals surface area contributed by atoms with Crippen molar-refractivity contribution < 1.29 is 37.0 Å². The Kier molecular flexibility index (Phi) is 9.26. The van der Waals surface area contributed by atoms with Gasteiger partial charge in [0, 0.05) is 28.9 Å². The van der Waals surface area contributed by atoms with Gasteiger partial charge in [-0.2, -0.15) is 13.5 Å². The summed E-state index contributed by atoms with van der Waals surface area (Å²) in [5.41, 5.74) is 2.93. The molecule has 0 radical (unpaired) electrons. The van der Waals surface area contributed by atoms with Crippen LogP contribution in [-0.2, 0) is 16.0 Å². The number of carbonyl (C=O) groups excluding carboxylic acids is 2. The zero-order chi connectivity index (χ0) is 32.2. The van der Waals surface area contributed by atoms with Gasteiger partial charge in [-0.05, 0) is 55.7 Å². The summed E-state index contributed by atoms with van der Waals surface area (Å²) in [6.07, 6.45) is 2.56. The van der Waals surface area contributed by atoms with Crippen molar-refractivity contribution in [3.63, 3.8) is 0 Å². The number of aryl methyl sites for hydroxylation is 1. The monoisotopic (exact) mass is 623 g/mol. The standard InChI is InChI=1S/C32H32F3N5O5/c1-4-23-28-20-13-12-19(36-32(42)44-3)15-24(20)38-30(41)17(2)7-5-8-21(29(37-23)39-28)25-14-11-18(16-40(25)43)27-22(33)9-6-10-26(27)45-31(34)35/h6,9-17,21,31H,4-5,7-8H2,1-3H3,(H,36,42)(H,37,39)(H,38,41)/t17-,21-/m1/s1. The molecule has 45 heavy (non-hydrogen) atoms. The van der Waals surface area contributed by atoms with Crippen molar-refractivity contribution >= 4 is 23.4 Å². The van der Waals surface area contributed by atoms with E-state index in [2.05, 4.69) is 20.4 Å². The third kappa shape index (κ3) is 6.71. The summed E-state index contributed by atoms with van der Waals surface area (Å²) in [6, 6.07) is 11.6. The van der Waals surface area contributed by atoms with Crippen molar-refractivity contribution in [3.05, 3.63) is 83.0 Å². The van der Waals surface area contributed by atoms with Crippen LogP contribution in [0.5, 0.6) is 5.75 Å². The van der Waals surface area contributed by atoms with E-state index in [0.29, 0.717) is 64.6 Å². The van der Waals surface area contributed by atoms with Crippen LogP contribution in [0.4, 0.5) is 29.3 Å². The van der Waals surface area contributed by atoms with Crippen LogP contribution in [0.3, 0.4) is 0 Å². The lowest BCUT2D eigenvalue weighted by Gasteiger charge is -2.19. The number of nitrogens with one attached hydrogen (secondary N) is 3. The number of H-pyrrole nitrogens is 1. The largest absolute Gasteiger partial charge is 0.618 e. The highest BCUT2D eigenvalue weighted by molar-refractivity contribution is 5.98. The molecule has 0 fully saturated rings. The number of amides is 2. The van der Waals surface area contributed by atoms with E-state index in [-0.39, 0.29) is 28.7 Å². The number of anilines is 2. The van der Waals surface area contributed by atoms with Gasteiger partial charge in [-0.25, -0.2) is 14.2 Å². The number of hydrogen-bond donors (Lipinski definition) is 3. The van der Waals surface area contributed by atoms with Gasteiger partial charge in [-0.1, -0.05) is 26.3 Å². The summed E-state index contributed by atoms with van der Waals surface area (Å²) in [6.45, 7) is 0.576. The Labute approximate surface area is 257 Å². The normalized spacial score (nSPS) is 16.6. The number of aromatic nitrogens is 3. The molecule has 10 nitrogen and oxygen atoms in total. The molecule has 0 spiro atoms. The number of halogens is 3. The molecule has 0 saturated heterocycles. The quantitative estimate of drug-likeness (QED) is 0.161. The lowest BCUT2D eigenvalue weighted by atomic mass is 9.92. The number of carbonyl (C=O) groups is 2. The summed E-state index contributed by atoms with van der Waals surface area (Å²) < 4.78 is 50.6. The van der Waals surface area contributed by atoms with Gasteiger partial charge < -0.3 is 25.0 Å². The molecule has 2 bridgehead atoms. The van der Waals surface area contributed by atoms with Crippen LogP contribution in [0.2, 0.25) is 0 Å². The molecule has 2 amide bonds. The van der Waals surface area contributed by atoms with E-state index < -0.39 is 24.4 Å². The van der Waals surface area contributed by atoms with Gasteiger partial charge in [0.25, 0.3) is 0 Å². The predicted octanol–water partition coefficient (Wildman–Crippen LogP) is 6.75. The maximum absolute atomic E-state index is 14.8. The minimum Gasteiger partial charge on any atom is -0.618 e. The van der Waals surface area contributed by atoms with Crippen LogP contribution in [0.25, 0.3) is 22.4 Å². The second-order valence-electron chi connectivity index (χ2n) is 10.7. The van der Waals surface area contributed by atoms with Gasteiger partial charge in [-0.15, -0.1) is 0 Å². The summed E-state index contributed by atoms with van der Waals surface area (Å²) in [7, 11) is 1.25. The zero-order valence-corrected chi connectivity index (χ0v) is 24.8. The second kappa shape index (κ2) is 13.3. The van der Waals surface area contributed by atoms with Gasteiger partial charge in [-0.3, -0.25) is 10.1 Å². The number of rotatable bonds is 6. The molecule has 236 valence electrons. The minimum absolute atomic E-state index is 0.0700. The van der Waals surface area contributed by atoms with Crippen LogP contribution in [-0.4, -0.2) is 35.7 Å². The lowest BCUT2D eigenvalue weighted by molar-refractivity contribution is -0.614. The number of benzene rings is 2. The van der Waals surface area contributed by atoms with Crippen molar-refractivity contribution in [2.45, 2.75) is 52.1 Å². The first-order valence-electron chi connectivity index (χ1n) is 14.4. The van der Waals surface area contributed by atoms with E-state index >= 15 is 0 Å². The first-order valence-corrected chi connectivity index (χ1v) is 14.4. The maximum Gasteiger partial charge on any atom is 0.411 e. The molecule has 0 unspecified atom stereocenters. The summed E-state index contributed by atoms with van der Waals surface area (Å²) in [5.74, 6) is -1.81. The van der Waals surface area contributed by atoms with Crippen LogP contribution in [0.1, 0.15) is 56.2 Å². The van der Waals surface area contributed by atoms with Crippen LogP contribution in [0, 0.1) is 16.9 Å². The van der Waals surface area contributed by atoms with Crippen LogP contribution < -0.4 is 20.1 Å². The fourth-order valence-electron chi connectivity index (χ4n) is 5.50. The third-order valence-corrected chi connectivity index (χ3v) is 7.80. The SMILES string of the molecule is CCc1[nH]c2nc1-c1ccc(NC(=O)OC)cc1NC(=O)[C@H](C)CCC[C@@H]2c1ccc(-c2c(F)cccc2OC(F)F)c[n+]1[O-]. The molecule has 4 aromatic rings. The van der Waals surface area contributed by atoms with Crippen molar-refractivity contribution in [1.29, 1.82) is 0 Å². The highest BCUT2D eigenvalue weighted by atomic mass is 19.3. The van der Waals surface area contributed by atoms with Gasteiger partial charge in [0.15, 0.2) is 6.20 Å². The molecule has 2 aromatic carbocycles. The number of nitrogens with zero attached hydrogens (tertiary/aromatic N) is 2. The molecule has 1 aliphatic rings. The first-order chi connectivity index (χ1) is 21.6. The highest BCUT2D eigenvalue weighted by Crippen LogP contribution is 2.38. The molecular formula is C32H32F3N5O5. The first kappa shape index (κ1) is 31.4. The van der Waals surface area contributed by atoms with Gasteiger partial charge in [0.05, 0.1) is 29.6 Å². The fourth-order valence-corrected chi connectivity index (χ4v) is 5.50. The predicted molar refractivity (Wildman–Crippen MR) is 160 cm³/mol. The van der Waals surface area contributed by atoms with Crippen LogP contribution >= 0.6 is 0 Å². The number of alkyl halides is 2. The summed E-state index contributed by atoms with van der Waals surface area (Å²) in [5, 5.41) is 19.1. The Hall–Kier alpha value is -5.07. The van der Waals surface area contributed by atoms with Crippen molar-refractivity contribution in [3.8, 4) is 28.1 Å². The number of imidazole rings is 1. The number of aromatic amines is 1. The average molecular weight is 624 g/mol. The Morgan fingerprint density at radius 3 is 2.71 bits per heavy atom. The molecule has 13 heteroatoms. The lowest BCUT2D eigenvalue weighted by Crippen LogP contribution is -2.34. The van der Waals surface area contributed by atoms with E-state index in [4.69, 9.17) is 9.72 Å². The Balaban J connectivity index is 1.60. The Morgan fingerprint density at radius 1 is 1.20 bits per heavy atom. The molecule has 5 rings (SSSR count). The molecule has 1 aliphatic heterocycles. The topological polar surface area (TPSA) is 132 Å². The number of ether oxygens (including phenoxy) is 2.